The van der Waals surface area contributed by atoms with Crippen LogP contribution < -0.4 is 0 Å². The molecule has 6 heteroatoms. The largest absolute Gasteiger partial charge is 0.481 e. The van der Waals surface area contributed by atoms with Crippen molar-refractivity contribution in [3.05, 3.63) is 0 Å². The van der Waals surface area contributed by atoms with Crippen molar-refractivity contribution in [1.29, 1.82) is 0 Å². The first-order valence-corrected chi connectivity index (χ1v) is 6.08. The lowest BCUT2D eigenvalue weighted by Crippen LogP contribution is -2.39. The maximum atomic E-state index is 11.4. The third kappa shape index (κ3) is 2.24. The third-order valence-electron chi connectivity index (χ3n) is 2.35. The van der Waals surface area contributed by atoms with Gasteiger partial charge in [0.15, 0.2) is 0 Å². The van der Waals surface area contributed by atoms with Crippen LogP contribution in [0.15, 0.2) is 0 Å². The Morgan fingerprint density at radius 1 is 1.50 bits per heavy atom. The van der Waals surface area contributed by atoms with E-state index in [2.05, 4.69) is 0 Å². The maximum absolute atomic E-state index is 11.4. The predicted molar refractivity (Wildman–Crippen MR) is 51.4 cm³/mol. The van der Waals surface area contributed by atoms with E-state index in [9.17, 15) is 13.2 Å². The highest BCUT2D eigenvalue weighted by Crippen LogP contribution is 2.22. The van der Waals surface area contributed by atoms with Crippen LogP contribution in [-0.2, 0) is 14.8 Å². The highest BCUT2D eigenvalue weighted by atomic mass is 32.2. The molecule has 1 saturated heterocycles. The molecule has 1 rings (SSSR count). The molecule has 1 aliphatic rings. The van der Waals surface area contributed by atoms with E-state index in [1.165, 1.54) is 18.2 Å². The smallest absolute Gasteiger partial charge is 0.310 e. The van der Waals surface area contributed by atoms with Gasteiger partial charge in [-0.3, -0.25) is 4.79 Å². The van der Waals surface area contributed by atoms with Gasteiger partial charge in [-0.1, -0.05) is 0 Å². The van der Waals surface area contributed by atoms with E-state index in [0.717, 1.165) is 0 Å². The number of carboxylic acids is 1. The Hall–Kier alpha value is -0.620. The summed E-state index contributed by atoms with van der Waals surface area (Å²) < 4.78 is 24.1. The lowest BCUT2D eigenvalue weighted by molar-refractivity contribution is -0.147. The van der Waals surface area contributed by atoms with Gasteiger partial charge in [0.25, 0.3) is 0 Å². The summed E-state index contributed by atoms with van der Waals surface area (Å²) in [6.07, 6.45) is 0.595. The van der Waals surface area contributed by atoms with E-state index < -0.39 is 21.4 Å². The Morgan fingerprint density at radius 3 is 2.43 bits per heavy atom. The van der Waals surface area contributed by atoms with Crippen molar-refractivity contribution >= 4 is 16.0 Å². The summed E-state index contributed by atoms with van der Waals surface area (Å²) >= 11 is 0. The molecule has 0 aromatic carbocycles. The average Bonchev–Trinajstić information content (AvgIpc) is 2.30. The van der Waals surface area contributed by atoms with Crippen molar-refractivity contribution in [2.45, 2.75) is 20.3 Å². The Labute approximate surface area is 83.8 Å². The zero-order valence-electron chi connectivity index (χ0n) is 8.36. The fourth-order valence-electron chi connectivity index (χ4n) is 1.38. The highest BCUT2D eigenvalue weighted by Gasteiger charge is 2.36. The molecule has 5 nitrogen and oxygen atoms in total. The summed E-state index contributed by atoms with van der Waals surface area (Å²) in [6, 6.07) is 0. The molecule has 0 bridgehead atoms. The zero-order chi connectivity index (χ0) is 11.0. The second kappa shape index (κ2) is 3.51. The topological polar surface area (TPSA) is 74.7 Å². The van der Waals surface area contributed by atoms with Gasteiger partial charge in [0.2, 0.25) is 10.0 Å². The summed E-state index contributed by atoms with van der Waals surface area (Å²) in [4.78, 5) is 10.8. The maximum Gasteiger partial charge on any atom is 0.310 e. The lowest BCUT2D eigenvalue weighted by Gasteiger charge is -2.24. The van der Waals surface area contributed by atoms with Crippen LogP contribution in [0.5, 0.6) is 0 Å². The van der Waals surface area contributed by atoms with Gasteiger partial charge in [-0.05, 0) is 20.3 Å². The number of carboxylic acid groups (broad SMARTS) is 1. The van der Waals surface area contributed by atoms with Crippen molar-refractivity contribution in [3.8, 4) is 0 Å². The van der Waals surface area contributed by atoms with E-state index in [0.29, 0.717) is 13.0 Å². The summed E-state index contributed by atoms with van der Waals surface area (Å²) in [5.74, 6) is -0.831. The molecular weight excluding hydrogens is 206 g/mol. The van der Waals surface area contributed by atoms with Crippen LogP contribution in [0.25, 0.3) is 0 Å². The van der Waals surface area contributed by atoms with Gasteiger partial charge in [0.05, 0.1) is 11.2 Å². The molecule has 82 valence electrons. The number of hydrogen-bond acceptors (Lipinski definition) is 3. The van der Waals surface area contributed by atoms with Gasteiger partial charge >= 0.3 is 5.97 Å². The van der Waals surface area contributed by atoms with Gasteiger partial charge in [-0.15, -0.1) is 0 Å². The molecule has 0 unspecified atom stereocenters. The molecule has 1 fully saturated rings. The molecule has 1 N–H and O–H groups in total. The van der Waals surface area contributed by atoms with Gasteiger partial charge in [0, 0.05) is 13.1 Å². The molecular formula is C8H15NO4S. The first-order chi connectivity index (χ1) is 6.26. The summed E-state index contributed by atoms with van der Waals surface area (Å²) in [6.45, 7) is 3.57. The second-order valence-electron chi connectivity index (χ2n) is 4.19. The molecule has 0 atom stereocenters. The Kier molecular flexibility index (Phi) is 2.87. The van der Waals surface area contributed by atoms with Crippen LogP contribution in [0.1, 0.15) is 20.3 Å². The van der Waals surface area contributed by atoms with Gasteiger partial charge in [-0.25, -0.2) is 12.7 Å². The summed E-state index contributed by atoms with van der Waals surface area (Å²) in [5.41, 5.74) is -1.02. The molecule has 0 amide bonds. The quantitative estimate of drug-likeness (QED) is 0.735. The van der Waals surface area contributed by atoms with E-state index in [-0.39, 0.29) is 12.3 Å². The first kappa shape index (κ1) is 11.5. The highest BCUT2D eigenvalue weighted by molar-refractivity contribution is 7.89. The van der Waals surface area contributed by atoms with Crippen molar-refractivity contribution in [2.24, 2.45) is 5.41 Å². The van der Waals surface area contributed by atoms with Gasteiger partial charge in [0.1, 0.15) is 0 Å². The van der Waals surface area contributed by atoms with Crippen molar-refractivity contribution in [2.75, 3.05) is 18.8 Å². The summed E-state index contributed by atoms with van der Waals surface area (Å²) in [7, 11) is -3.18. The van der Waals surface area contributed by atoms with Gasteiger partial charge in [-0.2, -0.15) is 0 Å². The number of aliphatic carboxylic acids is 1. The SMILES string of the molecule is CC(C)(CN1CCCS1(=O)=O)C(=O)O. The minimum Gasteiger partial charge on any atom is -0.481 e. The Morgan fingerprint density at radius 2 is 2.07 bits per heavy atom. The minimum atomic E-state index is -3.18. The number of rotatable bonds is 3. The molecule has 0 spiro atoms. The molecule has 0 radical (unpaired) electrons. The molecule has 0 aromatic heterocycles. The van der Waals surface area contributed by atoms with E-state index in [4.69, 9.17) is 5.11 Å². The minimum absolute atomic E-state index is 0.0602. The fourth-order valence-corrected chi connectivity index (χ4v) is 3.06. The number of sulfonamides is 1. The third-order valence-corrected chi connectivity index (χ3v) is 4.26. The van der Waals surface area contributed by atoms with Crippen LogP contribution in [-0.4, -0.2) is 42.6 Å². The van der Waals surface area contributed by atoms with Crippen LogP contribution in [0.2, 0.25) is 0 Å². The van der Waals surface area contributed by atoms with Crippen LogP contribution in [0.4, 0.5) is 0 Å². The molecule has 14 heavy (non-hydrogen) atoms. The standard InChI is InChI=1S/C8H15NO4S/c1-8(2,7(10)11)6-9-4-3-5-14(9,12)13/h3-6H2,1-2H3,(H,10,11). The van der Waals surface area contributed by atoms with Gasteiger partial charge < -0.3 is 5.11 Å². The van der Waals surface area contributed by atoms with E-state index in [1.54, 1.807) is 0 Å². The van der Waals surface area contributed by atoms with Crippen molar-refractivity contribution < 1.29 is 18.3 Å². The normalized spacial score (nSPS) is 22.4. The summed E-state index contributed by atoms with van der Waals surface area (Å²) in [5, 5.41) is 8.85. The van der Waals surface area contributed by atoms with Crippen LogP contribution >= 0.6 is 0 Å². The Balaban J connectivity index is 2.75. The van der Waals surface area contributed by atoms with Crippen LogP contribution in [0.3, 0.4) is 0 Å². The molecule has 1 heterocycles. The monoisotopic (exact) mass is 221 g/mol. The fraction of sp³-hybridized carbons (Fsp3) is 0.875. The van der Waals surface area contributed by atoms with E-state index in [1.807, 2.05) is 0 Å². The number of carbonyl (C=O) groups is 1. The average molecular weight is 221 g/mol. The lowest BCUT2D eigenvalue weighted by atomic mass is 9.94. The second-order valence-corrected chi connectivity index (χ2v) is 6.28. The Bertz CT molecular complexity index is 333. The molecule has 0 aromatic rings. The zero-order valence-corrected chi connectivity index (χ0v) is 9.17. The predicted octanol–water partition coefficient (Wildman–Crippen LogP) is 0.133. The van der Waals surface area contributed by atoms with Crippen molar-refractivity contribution in [1.82, 2.24) is 4.31 Å². The molecule has 0 aliphatic carbocycles. The molecule has 1 aliphatic heterocycles. The number of hydrogen-bond donors (Lipinski definition) is 1. The first-order valence-electron chi connectivity index (χ1n) is 4.47. The van der Waals surface area contributed by atoms with Crippen LogP contribution in [0, 0.1) is 5.41 Å². The van der Waals surface area contributed by atoms with E-state index >= 15 is 0 Å². The van der Waals surface area contributed by atoms with Crippen molar-refractivity contribution in [3.63, 3.8) is 0 Å². The molecule has 0 saturated carbocycles. The number of nitrogens with zero attached hydrogens (tertiary/aromatic N) is 1.